The third-order valence-corrected chi connectivity index (χ3v) is 8.87. The van der Waals surface area contributed by atoms with E-state index in [9.17, 15) is 0 Å². The molecule has 4 aromatic heterocycles. The molecule has 4 heterocycles. The number of furan rings is 1. The van der Waals surface area contributed by atoms with Gasteiger partial charge in [0, 0.05) is 55.0 Å². The molecule has 0 aliphatic rings. The summed E-state index contributed by atoms with van der Waals surface area (Å²) in [5.41, 5.74) is 10.5. The van der Waals surface area contributed by atoms with Gasteiger partial charge in [0.2, 0.25) is 0 Å². The van der Waals surface area contributed by atoms with Gasteiger partial charge in [-0.2, -0.15) is 0 Å². The largest absolute Gasteiger partial charge is 0.501 e. The molecule has 0 amide bonds. The average Bonchev–Trinajstić information content (AvgIpc) is 3.69. The van der Waals surface area contributed by atoms with Crippen molar-refractivity contribution in [1.82, 2.24) is 15.0 Å². The van der Waals surface area contributed by atoms with Crippen molar-refractivity contribution in [2.45, 2.75) is 40.4 Å². The molecule has 0 bridgehead atoms. The van der Waals surface area contributed by atoms with Crippen LogP contribution in [0.1, 0.15) is 46.9 Å². The maximum absolute atomic E-state index is 8.93. The Labute approximate surface area is 298 Å². The number of aromatic nitrogens is 3. The molecule has 0 aliphatic heterocycles. The van der Waals surface area contributed by atoms with Gasteiger partial charge in [-0.15, -0.1) is 65.4 Å². The Morgan fingerprint density at radius 3 is 2.40 bits per heavy atom. The molecular weight excluding hydrogens is 775 g/mol. The number of pyridine rings is 2. The van der Waals surface area contributed by atoms with Crippen LogP contribution in [0.15, 0.2) is 108 Å². The molecule has 0 spiro atoms. The number of thiazole rings is 1. The molecular formula is C41H33IrN3OS-2. The summed E-state index contributed by atoms with van der Waals surface area (Å²) in [4.78, 5) is 13.4. The van der Waals surface area contributed by atoms with Crippen LogP contribution in [0.2, 0.25) is 0 Å². The number of aryl methyl sites for hydroxylation is 3. The molecule has 0 fully saturated rings. The monoisotopic (exact) mass is 812 g/mol. The molecule has 0 atom stereocenters. The van der Waals surface area contributed by atoms with Crippen molar-refractivity contribution in [2.75, 3.05) is 0 Å². The first-order chi connectivity index (χ1) is 23.9. The molecule has 1 radical (unpaired) electrons. The van der Waals surface area contributed by atoms with Crippen molar-refractivity contribution in [3.8, 4) is 33.6 Å². The third kappa shape index (κ3) is 6.42. The van der Waals surface area contributed by atoms with Crippen molar-refractivity contribution >= 4 is 43.5 Å². The normalized spacial score (nSPS) is 12.9. The van der Waals surface area contributed by atoms with Crippen LogP contribution >= 0.6 is 11.3 Å². The molecule has 0 saturated heterocycles. The van der Waals surface area contributed by atoms with Gasteiger partial charge in [0.1, 0.15) is 5.58 Å². The van der Waals surface area contributed by atoms with E-state index in [0.29, 0.717) is 22.4 Å². The number of hydrogen-bond acceptors (Lipinski definition) is 5. The van der Waals surface area contributed by atoms with Crippen molar-refractivity contribution in [2.24, 2.45) is 0 Å². The van der Waals surface area contributed by atoms with Crippen LogP contribution in [-0.4, -0.2) is 15.0 Å². The minimum Gasteiger partial charge on any atom is -0.501 e. The molecule has 4 aromatic carbocycles. The van der Waals surface area contributed by atoms with Crippen molar-refractivity contribution in [3.05, 3.63) is 137 Å². The second-order valence-corrected chi connectivity index (χ2v) is 12.4. The Bertz CT molecular complexity index is 2430. The Morgan fingerprint density at radius 2 is 1.68 bits per heavy atom. The molecule has 8 rings (SSSR count). The Balaban J connectivity index is 0.000000291. The fraction of sp³-hybridized carbons (Fsp3) is 0.146. The molecule has 4 nitrogen and oxygen atoms in total. The maximum atomic E-state index is 8.93. The quantitative estimate of drug-likeness (QED) is 0.166. The summed E-state index contributed by atoms with van der Waals surface area (Å²) in [7, 11) is 0. The first-order valence-electron chi connectivity index (χ1n) is 17.0. The molecule has 0 unspecified atom stereocenters. The predicted molar refractivity (Wildman–Crippen MR) is 191 cm³/mol. The van der Waals surface area contributed by atoms with Gasteiger partial charge in [-0.1, -0.05) is 61.2 Å². The van der Waals surface area contributed by atoms with E-state index in [1.165, 1.54) is 11.3 Å². The van der Waals surface area contributed by atoms with E-state index in [4.69, 9.17) is 14.9 Å². The van der Waals surface area contributed by atoms with Crippen molar-refractivity contribution < 1.29 is 30.0 Å². The SMILES string of the molecule is [2H]C([2H])([2H])c1nc2cc3oc4c(-c5cc(C([2H])(C)C)c(-c6c(C)cccc6C)cn5)[c-]ccc4c3cc2s1.[Ir].[c-]1ccccc1-c1ccccn1. The maximum Gasteiger partial charge on any atom is 0.123 e. The van der Waals surface area contributed by atoms with E-state index in [1.54, 1.807) is 12.3 Å². The number of hydrogen-bond donors (Lipinski definition) is 0. The Hall–Kier alpha value is -4.48. The third-order valence-electron chi connectivity index (χ3n) is 8.04. The van der Waals surface area contributed by atoms with Gasteiger partial charge in [0.15, 0.2) is 0 Å². The number of rotatable bonds is 4. The van der Waals surface area contributed by atoms with E-state index in [2.05, 4.69) is 48.1 Å². The topological polar surface area (TPSA) is 51.8 Å². The molecule has 0 N–H and O–H groups in total. The fourth-order valence-corrected chi connectivity index (χ4v) is 6.61. The van der Waals surface area contributed by atoms with E-state index >= 15 is 0 Å². The standard InChI is InChI=1S/C30H25N2OS.C11H8N.Ir/c1-16(2)22-12-25(31-15-24(22)29-17(3)8-6-9-18(29)4)21-11-7-10-20-23-13-28-26(32-19(5)34-28)14-27(23)33-30(20)21;1-2-6-10(7-3-1)11-8-4-5-9-12-11;/h6-10,12-16H,1-5H3;1-6,8-9H;/q2*-1;/i5D3,16D;;. The molecule has 47 heavy (non-hydrogen) atoms. The van der Waals surface area contributed by atoms with E-state index in [1.807, 2.05) is 92.8 Å². The summed E-state index contributed by atoms with van der Waals surface area (Å²) >= 11 is 1.18. The van der Waals surface area contributed by atoms with E-state index < -0.39 is 12.7 Å². The van der Waals surface area contributed by atoms with Crippen LogP contribution in [0.25, 0.3) is 65.8 Å². The number of nitrogens with zero attached hydrogens (tertiary/aromatic N) is 3. The van der Waals surface area contributed by atoms with Crippen molar-refractivity contribution in [3.63, 3.8) is 0 Å². The summed E-state index contributed by atoms with van der Waals surface area (Å²) in [5, 5.41) is 1.90. The van der Waals surface area contributed by atoms with Gasteiger partial charge in [0.05, 0.1) is 20.8 Å². The second-order valence-electron chi connectivity index (χ2n) is 11.4. The summed E-state index contributed by atoms with van der Waals surface area (Å²) in [6.45, 7) is 5.71. The number of benzene rings is 4. The van der Waals surface area contributed by atoms with Gasteiger partial charge in [0.25, 0.3) is 0 Å². The Kier molecular flexibility index (Phi) is 8.05. The van der Waals surface area contributed by atoms with Crippen LogP contribution in [0.4, 0.5) is 0 Å². The predicted octanol–water partition coefficient (Wildman–Crippen LogP) is 11.3. The zero-order valence-electron chi connectivity index (χ0n) is 30.3. The first-order valence-corrected chi connectivity index (χ1v) is 15.8. The van der Waals surface area contributed by atoms with Crippen LogP contribution in [0, 0.1) is 32.8 Å². The molecule has 6 heteroatoms. The molecule has 235 valence electrons. The summed E-state index contributed by atoms with van der Waals surface area (Å²) < 4.78 is 39.1. The minimum atomic E-state index is -2.24. The summed E-state index contributed by atoms with van der Waals surface area (Å²) in [5.74, 6) is -0.861. The van der Waals surface area contributed by atoms with Crippen LogP contribution in [0.5, 0.6) is 0 Å². The van der Waals surface area contributed by atoms with Gasteiger partial charge in [-0.05, 0) is 72.4 Å². The van der Waals surface area contributed by atoms with Crippen LogP contribution in [-0.2, 0) is 20.1 Å². The molecule has 8 aromatic rings. The minimum absolute atomic E-state index is 0. The molecule has 0 saturated carbocycles. The zero-order valence-corrected chi connectivity index (χ0v) is 29.5. The zero-order chi connectivity index (χ0) is 35.2. The Morgan fingerprint density at radius 1 is 0.851 bits per heavy atom. The van der Waals surface area contributed by atoms with Crippen molar-refractivity contribution in [1.29, 1.82) is 0 Å². The fourth-order valence-electron chi connectivity index (χ4n) is 5.87. The van der Waals surface area contributed by atoms with Gasteiger partial charge in [-0.25, -0.2) is 4.98 Å². The van der Waals surface area contributed by atoms with Crippen LogP contribution < -0.4 is 0 Å². The van der Waals surface area contributed by atoms with Crippen LogP contribution in [0.3, 0.4) is 0 Å². The first kappa shape index (κ1) is 27.6. The smallest absolute Gasteiger partial charge is 0.123 e. The average molecular weight is 812 g/mol. The molecule has 0 aliphatic carbocycles. The van der Waals surface area contributed by atoms with Gasteiger partial charge >= 0.3 is 0 Å². The second kappa shape index (κ2) is 13.7. The van der Waals surface area contributed by atoms with E-state index in [-0.39, 0.29) is 25.1 Å². The summed E-state index contributed by atoms with van der Waals surface area (Å²) in [6.07, 6.45) is 3.65. The van der Waals surface area contributed by atoms with Gasteiger partial charge in [-0.3, -0.25) is 0 Å². The number of fused-ring (bicyclic) bond motifs is 4. The van der Waals surface area contributed by atoms with E-state index in [0.717, 1.165) is 60.1 Å². The van der Waals surface area contributed by atoms with Gasteiger partial charge < -0.3 is 14.4 Å². The summed E-state index contributed by atoms with van der Waals surface area (Å²) in [6, 6.07) is 35.9.